The molecule has 1 spiro atoms. The van der Waals surface area contributed by atoms with Gasteiger partial charge in [-0.3, -0.25) is 4.79 Å². The third-order valence-corrected chi connectivity index (χ3v) is 8.40. The number of fused-ring (bicyclic) bond motifs is 1. The van der Waals surface area contributed by atoms with Gasteiger partial charge in [-0.05, 0) is 49.8 Å². The van der Waals surface area contributed by atoms with Gasteiger partial charge in [0.25, 0.3) is 5.56 Å². The van der Waals surface area contributed by atoms with Gasteiger partial charge in [0, 0.05) is 44.8 Å². The van der Waals surface area contributed by atoms with Gasteiger partial charge in [0.05, 0.1) is 21.5 Å². The van der Waals surface area contributed by atoms with Crippen LogP contribution in [-0.4, -0.2) is 55.3 Å². The minimum atomic E-state index is -0.0570. The summed E-state index contributed by atoms with van der Waals surface area (Å²) in [6.07, 6.45) is 4.61. The van der Waals surface area contributed by atoms with Crippen molar-refractivity contribution < 1.29 is 0 Å². The molecule has 1 atom stereocenters. The van der Waals surface area contributed by atoms with Gasteiger partial charge in [-0.1, -0.05) is 12.1 Å². The van der Waals surface area contributed by atoms with Crippen molar-refractivity contribution in [2.24, 2.45) is 5.41 Å². The van der Waals surface area contributed by atoms with Gasteiger partial charge >= 0.3 is 0 Å². The summed E-state index contributed by atoms with van der Waals surface area (Å²) in [5.74, 6) is 0.924. The second-order valence-corrected chi connectivity index (χ2v) is 10.6. The molecular weight excluding hydrogens is 420 g/mol. The zero-order valence-electron chi connectivity index (χ0n) is 18.2. The zero-order chi connectivity index (χ0) is 21.5. The fourth-order valence-electron chi connectivity index (χ4n) is 5.27. The summed E-state index contributed by atoms with van der Waals surface area (Å²) < 4.78 is 1.10. The summed E-state index contributed by atoms with van der Waals surface area (Å²) in [6, 6.07) is 10.6. The Morgan fingerprint density at radius 3 is 2.72 bits per heavy atom. The molecule has 0 saturated carbocycles. The number of hydrogen-bond donors (Lipinski definition) is 4. The van der Waals surface area contributed by atoms with Crippen LogP contribution < -0.4 is 26.4 Å². The van der Waals surface area contributed by atoms with Gasteiger partial charge < -0.3 is 25.8 Å². The Hall–Kier alpha value is -2.42. The first-order valence-electron chi connectivity index (χ1n) is 11.8. The molecule has 0 radical (unpaired) electrons. The lowest BCUT2D eigenvalue weighted by molar-refractivity contribution is 0.126. The Kier molecular flexibility index (Phi) is 5.16. The van der Waals surface area contributed by atoms with Crippen LogP contribution in [0.4, 0.5) is 11.5 Å². The quantitative estimate of drug-likeness (QED) is 0.489. The summed E-state index contributed by atoms with van der Waals surface area (Å²) in [7, 11) is 0. The van der Waals surface area contributed by atoms with Crippen LogP contribution in [0.15, 0.2) is 35.1 Å². The highest BCUT2D eigenvalue weighted by atomic mass is 32.1. The summed E-state index contributed by atoms with van der Waals surface area (Å²) in [5, 5.41) is 11.4. The second kappa shape index (κ2) is 8.17. The van der Waals surface area contributed by atoms with E-state index in [1.165, 1.54) is 12.8 Å². The molecule has 3 aliphatic rings. The van der Waals surface area contributed by atoms with Crippen LogP contribution in [-0.2, 0) is 0 Å². The molecular formula is C24H30N6OS. The van der Waals surface area contributed by atoms with Crippen LogP contribution >= 0.6 is 11.3 Å². The summed E-state index contributed by atoms with van der Waals surface area (Å²) in [4.78, 5) is 23.8. The second-order valence-electron chi connectivity index (χ2n) is 9.54. The van der Waals surface area contributed by atoms with Crippen molar-refractivity contribution in [1.29, 1.82) is 0 Å². The van der Waals surface area contributed by atoms with Gasteiger partial charge in [0.2, 0.25) is 0 Å². The number of nitrogens with one attached hydrogen (secondary N) is 4. The van der Waals surface area contributed by atoms with Gasteiger partial charge in [0.1, 0.15) is 10.8 Å². The molecule has 0 amide bonds. The van der Waals surface area contributed by atoms with Crippen molar-refractivity contribution in [3.05, 3.63) is 40.7 Å². The number of anilines is 2. The summed E-state index contributed by atoms with van der Waals surface area (Å²) >= 11 is 1.59. The van der Waals surface area contributed by atoms with Crippen LogP contribution in [0, 0.1) is 5.41 Å². The third-order valence-electron chi connectivity index (χ3n) is 7.35. The van der Waals surface area contributed by atoms with Gasteiger partial charge in [-0.15, -0.1) is 11.3 Å². The standard InChI is InChI=1S/C24H30N6OS/c31-22-21(23-28-17-5-1-2-6-19(17)32-23)18(27-16-4-3-9-25-13-16)12-20(29-22)30-10-7-24(8-11-30)14-26-15-24/h1-2,5-6,12,16,25-26H,3-4,7-11,13-15H2,(H2,27,29,31)/t16-/m1/s1. The number of benzene rings is 1. The maximum atomic E-state index is 13.4. The van der Waals surface area contributed by atoms with E-state index in [-0.39, 0.29) is 5.56 Å². The van der Waals surface area contributed by atoms with Crippen molar-refractivity contribution >= 4 is 33.1 Å². The lowest BCUT2D eigenvalue weighted by Crippen LogP contribution is -2.58. The smallest absolute Gasteiger partial charge is 0.261 e. The Balaban J connectivity index is 1.37. The first-order valence-corrected chi connectivity index (χ1v) is 12.6. The number of aromatic amines is 1. The van der Waals surface area contributed by atoms with Gasteiger partial charge in [0.15, 0.2) is 0 Å². The monoisotopic (exact) mass is 450 g/mol. The average Bonchev–Trinajstić information content (AvgIpc) is 3.22. The highest BCUT2D eigenvalue weighted by Gasteiger charge is 2.40. The molecule has 0 unspecified atom stereocenters. The first kappa shape index (κ1) is 20.2. The fourth-order valence-corrected chi connectivity index (χ4v) is 6.29. The number of H-pyrrole nitrogens is 1. The maximum absolute atomic E-state index is 13.4. The van der Waals surface area contributed by atoms with E-state index in [1.54, 1.807) is 11.3 Å². The molecule has 168 valence electrons. The van der Waals surface area contributed by atoms with Crippen LogP contribution in [0.5, 0.6) is 0 Å². The normalized spacial score (nSPS) is 22.8. The predicted octanol–water partition coefficient (Wildman–Crippen LogP) is 3.01. The van der Waals surface area contributed by atoms with E-state index in [9.17, 15) is 4.79 Å². The molecule has 3 aromatic rings. The van der Waals surface area contributed by atoms with E-state index in [0.29, 0.717) is 17.0 Å². The molecule has 3 saturated heterocycles. The molecule has 5 heterocycles. The van der Waals surface area contributed by atoms with Crippen molar-refractivity contribution in [3.8, 4) is 10.6 Å². The van der Waals surface area contributed by atoms with Crippen LogP contribution in [0.2, 0.25) is 0 Å². The molecule has 3 aliphatic heterocycles. The van der Waals surface area contributed by atoms with E-state index in [1.807, 2.05) is 18.2 Å². The molecule has 3 fully saturated rings. The zero-order valence-corrected chi connectivity index (χ0v) is 19.1. The van der Waals surface area contributed by atoms with Gasteiger partial charge in [-0.25, -0.2) is 4.98 Å². The highest BCUT2D eigenvalue weighted by molar-refractivity contribution is 7.21. The number of pyridine rings is 1. The Morgan fingerprint density at radius 1 is 1.16 bits per heavy atom. The number of nitrogens with zero attached hydrogens (tertiary/aromatic N) is 2. The largest absolute Gasteiger partial charge is 0.380 e. The molecule has 0 bridgehead atoms. The number of piperidine rings is 2. The molecule has 4 N–H and O–H groups in total. The highest BCUT2D eigenvalue weighted by Crippen LogP contribution is 2.38. The number of hydrogen-bond acceptors (Lipinski definition) is 7. The first-order chi connectivity index (χ1) is 15.7. The molecule has 2 aromatic heterocycles. The molecule has 6 rings (SSSR count). The predicted molar refractivity (Wildman–Crippen MR) is 132 cm³/mol. The fraction of sp³-hybridized carbons (Fsp3) is 0.500. The minimum absolute atomic E-state index is 0.0570. The Labute approximate surface area is 191 Å². The summed E-state index contributed by atoms with van der Waals surface area (Å²) in [6.45, 7) is 6.23. The molecule has 32 heavy (non-hydrogen) atoms. The van der Waals surface area contributed by atoms with E-state index < -0.39 is 0 Å². The topological polar surface area (TPSA) is 85.1 Å². The molecule has 8 heteroatoms. The lowest BCUT2D eigenvalue weighted by Gasteiger charge is -2.48. The van der Waals surface area contributed by atoms with E-state index in [2.05, 4.69) is 38.0 Å². The average molecular weight is 451 g/mol. The van der Waals surface area contributed by atoms with Crippen LogP contribution in [0.3, 0.4) is 0 Å². The van der Waals surface area contributed by atoms with Crippen molar-refractivity contribution in [1.82, 2.24) is 20.6 Å². The number of aromatic nitrogens is 2. The number of thiazole rings is 1. The Morgan fingerprint density at radius 2 is 2.00 bits per heavy atom. The van der Waals surface area contributed by atoms with Crippen LogP contribution in [0.25, 0.3) is 20.8 Å². The number of para-hydroxylation sites is 1. The number of rotatable bonds is 4. The molecule has 0 aliphatic carbocycles. The lowest BCUT2D eigenvalue weighted by atomic mass is 9.73. The minimum Gasteiger partial charge on any atom is -0.380 e. The summed E-state index contributed by atoms with van der Waals surface area (Å²) in [5.41, 5.74) is 2.93. The molecule has 7 nitrogen and oxygen atoms in total. The van der Waals surface area contributed by atoms with Crippen molar-refractivity contribution in [2.45, 2.75) is 31.7 Å². The third kappa shape index (κ3) is 3.70. The maximum Gasteiger partial charge on any atom is 0.261 e. The molecule has 1 aromatic carbocycles. The van der Waals surface area contributed by atoms with Crippen LogP contribution in [0.1, 0.15) is 25.7 Å². The van der Waals surface area contributed by atoms with Crippen molar-refractivity contribution in [2.75, 3.05) is 49.5 Å². The van der Waals surface area contributed by atoms with Crippen molar-refractivity contribution in [3.63, 3.8) is 0 Å². The van der Waals surface area contributed by atoms with E-state index in [4.69, 9.17) is 4.98 Å². The Bertz CT molecular complexity index is 1130. The van der Waals surface area contributed by atoms with E-state index >= 15 is 0 Å². The van der Waals surface area contributed by atoms with E-state index in [0.717, 1.165) is 78.8 Å². The SMILES string of the molecule is O=c1[nH]c(N2CCC3(CC2)CNC3)cc(N[C@@H]2CCCNC2)c1-c1nc2ccccc2s1. The van der Waals surface area contributed by atoms with Gasteiger partial charge in [-0.2, -0.15) is 0 Å².